The van der Waals surface area contributed by atoms with Crippen molar-refractivity contribution in [2.75, 3.05) is 11.1 Å². The fourth-order valence-electron chi connectivity index (χ4n) is 2.13. The van der Waals surface area contributed by atoms with Gasteiger partial charge in [-0.25, -0.2) is 4.98 Å². The molecule has 0 saturated heterocycles. The van der Waals surface area contributed by atoms with E-state index in [1.807, 2.05) is 49.4 Å². The van der Waals surface area contributed by atoms with Crippen LogP contribution in [0.5, 0.6) is 0 Å². The van der Waals surface area contributed by atoms with Crippen LogP contribution < -0.4 is 5.32 Å². The van der Waals surface area contributed by atoms with E-state index in [9.17, 15) is 4.79 Å². The maximum Gasteiger partial charge on any atom is 0.234 e. The number of aryl methyl sites for hydroxylation is 1. The number of benzene rings is 2. The molecule has 1 amide bonds. The van der Waals surface area contributed by atoms with Crippen LogP contribution in [0.15, 0.2) is 48.5 Å². The molecule has 0 bridgehead atoms. The molecular weight excluding hydrogens is 312 g/mol. The Labute approximate surface area is 137 Å². The van der Waals surface area contributed by atoms with Crippen LogP contribution in [0.25, 0.3) is 10.2 Å². The molecular formula is C17H16N2OS2. The predicted molar refractivity (Wildman–Crippen MR) is 95.6 cm³/mol. The number of carbonyl (C=O) groups is 1. The molecule has 2 aromatic carbocycles. The Morgan fingerprint density at radius 2 is 2.09 bits per heavy atom. The van der Waals surface area contributed by atoms with Crippen LogP contribution in [0.2, 0.25) is 0 Å². The molecule has 112 valence electrons. The number of hydrogen-bond donors (Lipinski definition) is 1. The molecule has 0 spiro atoms. The SMILES string of the molecule is Cc1cccc(NC(=O)CSCc2nc3ccccc3s2)c1. The summed E-state index contributed by atoms with van der Waals surface area (Å²) in [7, 11) is 0. The normalized spacial score (nSPS) is 10.8. The summed E-state index contributed by atoms with van der Waals surface area (Å²) in [6.07, 6.45) is 0. The summed E-state index contributed by atoms with van der Waals surface area (Å²) in [5.41, 5.74) is 3.03. The summed E-state index contributed by atoms with van der Waals surface area (Å²) in [5.74, 6) is 1.22. The number of para-hydroxylation sites is 1. The molecule has 0 saturated carbocycles. The first-order valence-corrected chi connectivity index (χ1v) is 8.96. The molecule has 22 heavy (non-hydrogen) atoms. The fourth-order valence-corrected chi connectivity index (χ4v) is 3.98. The van der Waals surface area contributed by atoms with Crippen LogP contribution in [0.4, 0.5) is 5.69 Å². The lowest BCUT2D eigenvalue weighted by molar-refractivity contribution is -0.113. The number of carbonyl (C=O) groups excluding carboxylic acids is 1. The van der Waals surface area contributed by atoms with Gasteiger partial charge < -0.3 is 5.32 Å². The van der Waals surface area contributed by atoms with Crippen molar-refractivity contribution in [3.8, 4) is 0 Å². The third kappa shape index (κ3) is 3.87. The largest absolute Gasteiger partial charge is 0.325 e. The second-order valence-electron chi connectivity index (χ2n) is 4.99. The average molecular weight is 328 g/mol. The summed E-state index contributed by atoms with van der Waals surface area (Å²) >= 11 is 3.28. The summed E-state index contributed by atoms with van der Waals surface area (Å²) in [4.78, 5) is 16.5. The van der Waals surface area contributed by atoms with Crippen molar-refractivity contribution in [1.29, 1.82) is 0 Å². The number of aromatic nitrogens is 1. The van der Waals surface area contributed by atoms with Crippen molar-refractivity contribution in [1.82, 2.24) is 4.98 Å². The van der Waals surface area contributed by atoms with Crippen molar-refractivity contribution in [3.63, 3.8) is 0 Å². The summed E-state index contributed by atoms with van der Waals surface area (Å²) in [6, 6.07) is 15.9. The van der Waals surface area contributed by atoms with E-state index < -0.39 is 0 Å². The van der Waals surface area contributed by atoms with E-state index in [0.717, 1.165) is 27.5 Å². The Morgan fingerprint density at radius 1 is 1.23 bits per heavy atom. The second-order valence-corrected chi connectivity index (χ2v) is 7.09. The Balaban J connectivity index is 1.51. The van der Waals surface area contributed by atoms with Crippen LogP contribution in [-0.4, -0.2) is 16.6 Å². The van der Waals surface area contributed by atoms with Crippen molar-refractivity contribution >= 4 is 44.9 Å². The first-order chi connectivity index (χ1) is 10.7. The molecule has 3 aromatic rings. The van der Waals surface area contributed by atoms with E-state index in [4.69, 9.17) is 0 Å². The van der Waals surface area contributed by atoms with Gasteiger partial charge in [-0.1, -0.05) is 24.3 Å². The second kappa shape index (κ2) is 6.94. The van der Waals surface area contributed by atoms with Gasteiger partial charge in [0.15, 0.2) is 0 Å². The third-order valence-electron chi connectivity index (χ3n) is 3.10. The number of thioether (sulfide) groups is 1. The number of nitrogens with zero attached hydrogens (tertiary/aromatic N) is 1. The number of rotatable bonds is 5. The summed E-state index contributed by atoms with van der Waals surface area (Å²) < 4.78 is 1.20. The van der Waals surface area contributed by atoms with Gasteiger partial charge in [-0.2, -0.15) is 0 Å². The number of nitrogens with one attached hydrogen (secondary N) is 1. The molecule has 0 fully saturated rings. The van der Waals surface area contributed by atoms with Gasteiger partial charge in [0.1, 0.15) is 5.01 Å². The number of amides is 1. The first-order valence-electron chi connectivity index (χ1n) is 6.99. The van der Waals surface area contributed by atoms with E-state index in [1.165, 1.54) is 4.70 Å². The van der Waals surface area contributed by atoms with Crippen LogP contribution in [0, 0.1) is 6.92 Å². The minimum absolute atomic E-state index is 0.0247. The zero-order chi connectivity index (χ0) is 15.4. The molecule has 3 rings (SSSR count). The Bertz CT molecular complexity index is 765. The Hall–Kier alpha value is -1.85. The van der Waals surface area contributed by atoms with Crippen LogP contribution in [-0.2, 0) is 10.5 Å². The van der Waals surface area contributed by atoms with Gasteiger partial charge in [0.25, 0.3) is 0 Å². The molecule has 0 aliphatic carbocycles. The van der Waals surface area contributed by atoms with Crippen LogP contribution >= 0.6 is 23.1 Å². The van der Waals surface area contributed by atoms with Crippen molar-refractivity contribution in [2.45, 2.75) is 12.7 Å². The van der Waals surface area contributed by atoms with Gasteiger partial charge in [0.2, 0.25) is 5.91 Å². The molecule has 1 N–H and O–H groups in total. The highest BCUT2D eigenvalue weighted by atomic mass is 32.2. The number of hydrogen-bond acceptors (Lipinski definition) is 4. The molecule has 0 atom stereocenters. The van der Waals surface area contributed by atoms with Crippen LogP contribution in [0.3, 0.4) is 0 Å². The molecule has 0 aliphatic rings. The molecule has 0 aliphatic heterocycles. The van der Waals surface area contributed by atoms with Gasteiger partial charge in [-0.3, -0.25) is 4.79 Å². The van der Waals surface area contributed by atoms with E-state index >= 15 is 0 Å². The highest BCUT2D eigenvalue weighted by Crippen LogP contribution is 2.24. The summed E-state index contributed by atoms with van der Waals surface area (Å²) in [6.45, 7) is 2.01. The number of thiazole rings is 1. The van der Waals surface area contributed by atoms with E-state index in [-0.39, 0.29) is 5.91 Å². The van der Waals surface area contributed by atoms with Gasteiger partial charge >= 0.3 is 0 Å². The van der Waals surface area contributed by atoms with Crippen molar-refractivity contribution < 1.29 is 4.79 Å². The molecule has 1 heterocycles. The quantitative estimate of drug-likeness (QED) is 0.751. The van der Waals surface area contributed by atoms with Crippen molar-refractivity contribution in [2.24, 2.45) is 0 Å². The monoisotopic (exact) mass is 328 g/mol. The smallest absolute Gasteiger partial charge is 0.234 e. The Kier molecular flexibility index (Phi) is 4.75. The lowest BCUT2D eigenvalue weighted by Gasteiger charge is -2.05. The van der Waals surface area contributed by atoms with Gasteiger partial charge in [0, 0.05) is 11.4 Å². The fraction of sp³-hybridized carbons (Fsp3) is 0.176. The molecule has 0 unspecified atom stereocenters. The minimum atomic E-state index is 0.0247. The van der Waals surface area contributed by atoms with Crippen LogP contribution in [0.1, 0.15) is 10.6 Å². The molecule has 1 aromatic heterocycles. The number of fused-ring (bicyclic) bond motifs is 1. The van der Waals surface area contributed by atoms with E-state index in [2.05, 4.69) is 16.4 Å². The van der Waals surface area contributed by atoms with Gasteiger partial charge in [-0.15, -0.1) is 23.1 Å². The first kappa shape index (κ1) is 15.1. The van der Waals surface area contributed by atoms with E-state index in [0.29, 0.717) is 5.75 Å². The van der Waals surface area contributed by atoms with Gasteiger partial charge in [-0.05, 0) is 36.8 Å². The molecule has 3 nitrogen and oxygen atoms in total. The van der Waals surface area contributed by atoms with E-state index in [1.54, 1.807) is 23.1 Å². The maximum atomic E-state index is 11.9. The topological polar surface area (TPSA) is 42.0 Å². The van der Waals surface area contributed by atoms with Crippen molar-refractivity contribution in [3.05, 3.63) is 59.1 Å². The predicted octanol–water partition coefficient (Wildman–Crippen LogP) is 4.48. The maximum absolute atomic E-state index is 11.9. The van der Waals surface area contributed by atoms with Gasteiger partial charge in [0.05, 0.1) is 16.0 Å². The average Bonchev–Trinajstić information content (AvgIpc) is 2.90. The standard InChI is InChI=1S/C17H16N2OS2/c1-12-5-4-6-13(9-12)18-16(20)10-21-11-17-19-14-7-2-3-8-15(14)22-17/h2-9H,10-11H2,1H3,(H,18,20). The zero-order valence-corrected chi connectivity index (χ0v) is 13.8. The minimum Gasteiger partial charge on any atom is -0.325 e. The third-order valence-corrected chi connectivity index (χ3v) is 5.26. The highest BCUT2D eigenvalue weighted by molar-refractivity contribution is 7.99. The molecule has 0 radical (unpaired) electrons. The Morgan fingerprint density at radius 3 is 2.91 bits per heavy atom. The molecule has 5 heteroatoms. The lowest BCUT2D eigenvalue weighted by atomic mass is 10.2. The summed E-state index contributed by atoms with van der Waals surface area (Å²) in [5, 5.41) is 3.98. The highest BCUT2D eigenvalue weighted by Gasteiger charge is 2.06. The lowest BCUT2D eigenvalue weighted by Crippen LogP contribution is -2.14. The number of anilines is 1. The zero-order valence-electron chi connectivity index (χ0n) is 12.2.